The summed E-state index contributed by atoms with van der Waals surface area (Å²) in [5.41, 5.74) is 0.267. The van der Waals surface area contributed by atoms with Crippen molar-refractivity contribution in [2.75, 3.05) is 0 Å². The first-order valence-electron chi connectivity index (χ1n) is 4.74. The molecule has 0 aliphatic rings. The SMILES string of the molecule is C#CCC(C)NC(=O)c1cccc(F)c1Br. The van der Waals surface area contributed by atoms with Gasteiger partial charge in [0, 0.05) is 12.5 Å². The molecule has 0 radical (unpaired) electrons. The van der Waals surface area contributed by atoms with Gasteiger partial charge in [-0.2, -0.15) is 0 Å². The number of hydrogen-bond acceptors (Lipinski definition) is 1. The van der Waals surface area contributed by atoms with Gasteiger partial charge in [-0.15, -0.1) is 12.3 Å². The van der Waals surface area contributed by atoms with Crippen LogP contribution in [0.1, 0.15) is 23.7 Å². The zero-order valence-corrected chi connectivity index (χ0v) is 10.3. The number of halogens is 2. The number of rotatable bonds is 3. The van der Waals surface area contributed by atoms with Crippen LogP contribution in [0.15, 0.2) is 22.7 Å². The van der Waals surface area contributed by atoms with E-state index in [9.17, 15) is 9.18 Å². The summed E-state index contributed by atoms with van der Waals surface area (Å²) in [6.07, 6.45) is 5.57. The molecule has 1 aromatic rings. The molecule has 0 saturated heterocycles. The van der Waals surface area contributed by atoms with E-state index in [1.54, 1.807) is 13.0 Å². The average molecular weight is 284 g/mol. The van der Waals surface area contributed by atoms with Gasteiger partial charge >= 0.3 is 0 Å². The molecular formula is C12H11BrFNO. The van der Waals surface area contributed by atoms with E-state index in [2.05, 4.69) is 27.2 Å². The van der Waals surface area contributed by atoms with E-state index in [0.29, 0.717) is 6.42 Å². The van der Waals surface area contributed by atoms with Crippen LogP contribution >= 0.6 is 15.9 Å². The van der Waals surface area contributed by atoms with Crippen LogP contribution in [0.3, 0.4) is 0 Å². The number of nitrogens with one attached hydrogen (secondary N) is 1. The zero-order valence-electron chi connectivity index (χ0n) is 8.76. The molecule has 84 valence electrons. The van der Waals surface area contributed by atoms with Crippen LogP contribution in [-0.2, 0) is 0 Å². The Balaban J connectivity index is 2.82. The van der Waals surface area contributed by atoms with Crippen LogP contribution in [0.4, 0.5) is 4.39 Å². The quantitative estimate of drug-likeness (QED) is 0.850. The first kappa shape index (κ1) is 12.7. The molecule has 0 saturated carbocycles. The summed E-state index contributed by atoms with van der Waals surface area (Å²) in [6.45, 7) is 1.80. The lowest BCUT2D eigenvalue weighted by Crippen LogP contribution is -2.32. The van der Waals surface area contributed by atoms with E-state index >= 15 is 0 Å². The summed E-state index contributed by atoms with van der Waals surface area (Å²) < 4.78 is 13.3. The Hall–Kier alpha value is -1.34. The van der Waals surface area contributed by atoms with E-state index in [0.717, 1.165) is 0 Å². The highest BCUT2D eigenvalue weighted by atomic mass is 79.9. The van der Waals surface area contributed by atoms with Crippen LogP contribution in [0.25, 0.3) is 0 Å². The molecule has 16 heavy (non-hydrogen) atoms. The molecule has 0 aliphatic heterocycles. The Morgan fingerprint density at radius 2 is 2.38 bits per heavy atom. The first-order chi connectivity index (χ1) is 7.56. The van der Waals surface area contributed by atoms with Crippen molar-refractivity contribution >= 4 is 21.8 Å². The Morgan fingerprint density at radius 1 is 1.69 bits per heavy atom. The van der Waals surface area contributed by atoms with Crippen molar-refractivity contribution < 1.29 is 9.18 Å². The van der Waals surface area contributed by atoms with Crippen molar-refractivity contribution in [1.29, 1.82) is 0 Å². The van der Waals surface area contributed by atoms with Crippen molar-refractivity contribution in [1.82, 2.24) is 5.32 Å². The molecule has 1 atom stereocenters. The molecule has 2 nitrogen and oxygen atoms in total. The van der Waals surface area contributed by atoms with Crippen LogP contribution in [0.5, 0.6) is 0 Å². The van der Waals surface area contributed by atoms with Crippen molar-refractivity contribution in [2.24, 2.45) is 0 Å². The minimum absolute atomic E-state index is 0.132. The van der Waals surface area contributed by atoms with E-state index in [4.69, 9.17) is 6.42 Å². The zero-order chi connectivity index (χ0) is 12.1. The van der Waals surface area contributed by atoms with Gasteiger partial charge in [-0.3, -0.25) is 4.79 Å². The van der Waals surface area contributed by atoms with Gasteiger partial charge in [0.2, 0.25) is 0 Å². The minimum Gasteiger partial charge on any atom is -0.349 e. The summed E-state index contributed by atoms with van der Waals surface area (Å²) in [7, 11) is 0. The van der Waals surface area contributed by atoms with E-state index in [1.165, 1.54) is 12.1 Å². The maximum Gasteiger partial charge on any atom is 0.252 e. The van der Waals surface area contributed by atoms with E-state index in [1.807, 2.05) is 0 Å². The molecule has 4 heteroatoms. The number of carbonyl (C=O) groups is 1. The predicted molar refractivity (Wildman–Crippen MR) is 64.5 cm³/mol. The molecule has 0 aromatic heterocycles. The Kier molecular flexibility index (Phi) is 4.51. The fourth-order valence-corrected chi connectivity index (χ4v) is 1.65. The van der Waals surface area contributed by atoms with Crippen LogP contribution in [0, 0.1) is 18.2 Å². The number of terminal acetylenes is 1. The van der Waals surface area contributed by atoms with Crippen molar-refractivity contribution in [2.45, 2.75) is 19.4 Å². The van der Waals surface area contributed by atoms with Gasteiger partial charge in [-0.05, 0) is 35.0 Å². The molecule has 0 aliphatic carbocycles. The second-order valence-electron chi connectivity index (χ2n) is 3.38. The number of benzene rings is 1. The molecule has 0 spiro atoms. The average Bonchev–Trinajstić information content (AvgIpc) is 2.22. The van der Waals surface area contributed by atoms with Crippen LogP contribution in [0.2, 0.25) is 0 Å². The third kappa shape index (κ3) is 3.07. The lowest BCUT2D eigenvalue weighted by Gasteiger charge is -2.11. The molecule has 1 N–H and O–H groups in total. The van der Waals surface area contributed by atoms with Crippen LogP contribution < -0.4 is 5.32 Å². The molecular weight excluding hydrogens is 273 g/mol. The monoisotopic (exact) mass is 283 g/mol. The second-order valence-corrected chi connectivity index (χ2v) is 4.18. The number of carbonyl (C=O) groups excluding carboxylic acids is 1. The summed E-state index contributed by atoms with van der Waals surface area (Å²) in [6, 6.07) is 4.19. The summed E-state index contributed by atoms with van der Waals surface area (Å²) >= 11 is 3.03. The molecule has 1 amide bonds. The maximum absolute atomic E-state index is 13.2. The summed E-state index contributed by atoms with van der Waals surface area (Å²) in [5.74, 6) is 1.65. The van der Waals surface area contributed by atoms with Gasteiger partial charge in [0.15, 0.2) is 0 Å². The van der Waals surface area contributed by atoms with Gasteiger partial charge in [-0.1, -0.05) is 6.07 Å². The lowest BCUT2D eigenvalue weighted by atomic mass is 10.2. The molecule has 0 bridgehead atoms. The highest BCUT2D eigenvalue weighted by molar-refractivity contribution is 9.10. The van der Waals surface area contributed by atoms with E-state index < -0.39 is 5.82 Å². The van der Waals surface area contributed by atoms with E-state index in [-0.39, 0.29) is 22.0 Å². The highest BCUT2D eigenvalue weighted by Gasteiger charge is 2.14. The largest absolute Gasteiger partial charge is 0.349 e. The number of hydrogen-bond donors (Lipinski definition) is 1. The van der Waals surface area contributed by atoms with Crippen LogP contribution in [-0.4, -0.2) is 11.9 Å². The second kappa shape index (κ2) is 5.66. The molecule has 1 unspecified atom stereocenters. The third-order valence-electron chi connectivity index (χ3n) is 2.00. The number of amides is 1. The van der Waals surface area contributed by atoms with Crippen molar-refractivity contribution in [3.63, 3.8) is 0 Å². The fraction of sp³-hybridized carbons (Fsp3) is 0.250. The standard InChI is InChI=1S/C12H11BrFNO/c1-3-5-8(2)15-12(16)9-6-4-7-10(14)11(9)13/h1,4,6-8H,5H2,2H3,(H,15,16). The van der Waals surface area contributed by atoms with Gasteiger partial charge in [0.05, 0.1) is 10.0 Å². The lowest BCUT2D eigenvalue weighted by molar-refractivity contribution is 0.0939. The van der Waals surface area contributed by atoms with Gasteiger partial charge < -0.3 is 5.32 Å². The Labute approximate surface area is 102 Å². The summed E-state index contributed by atoms with van der Waals surface area (Å²) in [5, 5.41) is 2.69. The topological polar surface area (TPSA) is 29.1 Å². The minimum atomic E-state index is -0.461. The third-order valence-corrected chi connectivity index (χ3v) is 2.80. The maximum atomic E-state index is 13.2. The predicted octanol–water partition coefficient (Wildman–Crippen LogP) is 2.73. The molecule has 0 heterocycles. The molecule has 0 fully saturated rings. The van der Waals surface area contributed by atoms with Gasteiger partial charge in [-0.25, -0.2) is 4.39 Å². The first-order valence-corrected chi connectivity index (χ1v) is 5.54. The van der Waals surface area contributed by atoms with Crippen molar-refractivity contribution in [3.05, 3.63) is 34.1 Å². The highest BCUT2D eigenvalue weighted by Crippen LogP contribution is 2.20. The Bertz CT molecular complexity index is 439. The van der Waals surface area contributed by atoms with Gasteiger partial charge in [0.25, 0.3) is 5.91 Å². The molecule has 1 aromatic carbocycles. The van der Waals surface area contributed by atoms with Gasteiger partial charge in [0.1, 0.15) is 5.82 Å². The Morgan fingerprint density at radius 3 is 3.00 bits per heavy atom. The van der Waals surface area contributed by atoms with Crippen molar-refractivity contribution in [3.8, 4) is 12.3 Å². The smallest absolute Gasteiger partial charge is 0.252 e. The molecule has 1 rings (SSSR count). The fourth-order valence-electron chi connectivity index (χ4n) is 1.21. The summed E-state index contributed by atoms with van der Waals surface area (Å²) in [4.78, 5) is 11.7. The normalized spacial score (nSPS) is 11.6.